The van der Waals surface area contributed by atoms with E-state index in [0.29, 0.717) is 0 Å². The molecular weight excluding hydrogens is 336 g/mol. The van der Waals surface area contributed by atoms with Crippen LogP contribution in [0.5, 0.6) is 0 Å². The van der Waals surface area contributed by atoms with Crippen LogP contribution in [0.2, 0.25) is 0 Å². The minimum atomic E-state index is -0.623. The molecule has 1 saturated heterocycles. The molecule has 4 nitrogen and oxygen atoms in total. The highest BCUT2D eigenvalue weighted by Gasteiger charge is 2.26. The lowest BCUT2D eigenvalue weighted by Crippen LogP contribution is -2.38. The van der Waals surface area contributed by atoms with Gasteiger partial charge in [-0.15, -0.1) is 0 Å². The summed E-state index contributed by atoms with van der Waals surface area (Å²) in [6, 6.07) is 12.3. The van der Waals surface area contributed by atoms with Gasteiger partial charge in [0.15, 0.2) is 5.78 Å². The molecule has 27 heavy (non-hydrogen) atoms. The highest BCUT2D eigenvalue weighted by atomic mass is 16.3. The minimum Gasteiger partial charge on any atom is -0.390 e. The van der Waals surface area contributed by atoms with Gasteiger partial charge in [0.1, 0.15) is 0 Å². The van der Waals surface area contributed by atoms with Gasteiger partial charge in [0.2, 0.25) is 0 Å². The van der Waals surface area contributed by atoms with Crippen LogP contribution in [0.4, 0.5) is 0 Å². The zero-order valence-electron chi connectivity index (χ0n) is 16.4. The molecule has 1 aliphatic heterocycles. The first kappa shape index (κ1) is 19.7. The van der Waals surface area contributed by atoms with Gasteiger partial charge in [-0.05, 0) is 69.3 Å². The number of aromatic nitrogens is 1. The number of Topliss-reactive ketones (excluding diaryl/α,β-unsaturated/α-hetero) is 1. The molecule has 2 heterocycles. The van der Waals surface area contributed by atoms with Gasteiger partial charge in [0.25, 0.3) is 0 Å². The number of likely N-dealkylation sites (tertiary alicyclic amines) is 1. The van der Waals surface area contributed by atoms with Gasteiger partial charge in [0, 0.05) is 37.0 Å². The summed E-state index contributed by atoms with van der Waals surface area (Å²) in [5.41, 5.74) is 2.63. The second-order valence-electron chi connectivity index (χ2n) is 8.31. The third kappa shape index (κ3) is 5.98. The van der Waals surface area contributed by atoms with E-state index in [-0.39, 0.29) is 11.7 Å². The Morgan fingerprint density at radius 2 is 1.96 bits per heavy atom. The first-order valence-corrected chi connectivity index (χ1v) is 9.87. The van der Waals surface area contributed by atoms with Crippen molar-refractivity contribution < 1.29 is 9.90 Å². The predicted molar refractivity (Wildman–Crippen MR) is 108 cm³/mol. The van der Waals surface area contributed by atoms with E-state index in [1.165, 1.54) is 11.1 Å². The summed E-state index contributed by atoms with van der Waals surface area (Å²) < 4.78 is 0. The fraction of sp³-hybridized carbons (Fsp3) is 0.478. The molecule has 1 atom stereocenters. The molecule has 4 heteroatoms. The molecule has 1 aliphatic rings. The van der Waals surface area contributed by atoms with Crippen LogP contribution >= 0.6 is 0 Å². The third-order valence-corrected chi connectivity index (χ3v) is 5.28. The topological polar surface area (TPSA) is 53.4 Å². The van der Waals surface area contributed by atoms with Crippen LogP contribution in [-0.2, 0) is 13.0 Å². The maximum absolute atomic E-state index is 12.7. The van der Waals surface area contributed by atoms with E-state index in [1.54, 1.807) is 12.4 Å². The number of benzene rings is 1. The molecule has 0 spiro atoms. The summed E-state index contributed by atoms with van der Waals surface area (Å²) in [5, 5.41) is 9.86. The Kier molecular flexibility index (Phi) is 6.40. The van der Waals surface area contributed by atoms with Gasteiger partial charge in [-0.3, -0.25) is 14.7 Å². The van der Waals surface area contributed by atoms with Crippen LogP contribution in [-0.4, -0.2) is 39.5 Å². The third-order valence-electron chi connectivity index (χ3n) is 5.28. The number of aryl methyl sites for hydroxylation is 1. The van der Waals surface area contributed by atoms with Crippen molar-refractivity contribution in [2.75, 3.05) is 13.1 Å². The van der Waals surface area contributed by atoms with Crippen LogP contribution < -0.4 is 0 Å². The SMILES string of the molecule is CC(C)(O)CCc1ccc(CN2CCC[C@H](C(=O)c3cccnc3)C2)cc1. The van der Waals surface area contributed by atoms with Crippen molar-refractivity contribution in [2.24, 2.45) is 5.92 Å². The van der Waals surface area contributed by atoms with E-state index < -0.39 is 5.60 Å². The molecule has 3 rings (SSSR count). The Labute approximate surface area is 162 Å². The quantitative estimate of drug-likeness (QED) is 0.756. The number of carbonyl (C=O) groups excluding carboxylic acids is 1. The monoisotopic (exact) mass is 366 g/mol. The van der Waals surface area contributed by atoms with E-state index in [0.717, 1.165) is 50.9 Å². The molecule has 0 saturated carbocycles. The molecule has 1 aromatic heterocycles. The number of hydrogen-bond acceptors (Lipinski definition) is 4. The molecule has 0 aliphatic carbocycles. The molecule has 0 bridgehead atoms. The van der Waals surface area contributed by atoms with Gasteiger partial charge in [0.05, 0.1) is 5.60 Å². The van der Waals surface area contributed by atoms with Crippen molar-refractivity contribution in [3.05, 3.63) is 65.5 Å². The highest BCUT2D eigenvalue weighted by Crippen LogP contribution is 2.22. The standard InChI is InChI=1S/C23H30N2O2/c1-23(2,27)12-11-18-7-9-19(10-8-18)16-25-14-4-6-21(17-25)22(26)20-5-3-13-24-15-20/h3,5,7-10,13,15,21,27H,4,6,11-12,14,16-17H2,1-2H3/t21-/m0/s1. The summed E-state index contributed by atoms with van der Waals surface area (Å²) in [7, 11) is 0. The van der Waals surface area contributed by atoms with Crippen LogP contribution in [0.25, 0.3) is 0 Å². The molecule has 0 amide bonds. The van der Waals surface area contributed by atoms with Crippen molar-refractivity contribution in [2.45, 2.75) is 51.7 Å². The molecule has 0 radical (unpaired) electrons. The Bertz CT molecular complexity index is 735. The van der Waals surface area contributed by atoms with E-state index in [4.69, 9.17) is 0 Å². The van der Waals surface area contributed by atoms with E-state index in [9.17, 15) is 9.90 Å². The number of pyridine rings is 1. The number of nitrogens with zero attached hydrogens (tertiary/aromatic N) is 2. The summed E-state index contributed by atoms with van der Waals surface area (Å²) in [4.78, 5) is 19.2. The molecule has 2 aromatic rings. The lowest BCUT2D eigenvalue weighted by molar-refractivity contribution is 0.0713. The van der Waals surface area contributed by atoms with Gasteiger partial charge >= 0.3 is 0 Å². The van der Waals surface area contributed by atoms with Crippen LogP contribution in [0.1, 0.15) is 54.6 Å². The zero-order chi connectivity index (χ0) is 19.3. The average molecular weight is 367 g/mol. The van der Waals surface area contributed by atoms with Gasteiger partial charge in [-0.1, -0.05) is 24.3 Å². The Morgan fingerprint density at radius 3 is 2.63 bits per heavy atom. The Morgan fingerprint density at radius 1 is 1.22 bits per heavy atom. The smallest absolute Gasteiger partial charge is 0.168 e. The second-order valence-corrected chi connectivity index (χ2v) is 8.31. The molecule has 1 aromatic carbocycles. The second kappa shape index (κ2) is 8.77. The predicted octanol–water partition coefficient (Wildman–Crippen LogP) is 3.88. The van der Waals surface area contributed by atoms with Crippen molar-refractivity contribution in [1.29, 1.82) is 0 Å². The summed E-state index contributed by atoms with van der Waals surface area (Å²) in [6.07, 6.45) is 7.04. The van der Waals surface area contributed by atoms with Crippen molar-refractivity contribution in [1.82, 2.24) is 9.88 Å². The van der Waals surface area contributed by atoms with Gasteiger partial charge in [-0.25, -0.2) is 0 Å². The largest absolute Gasteiger partial charge is 0.390 e. The average Bonchev–Trinajstić information content (AvgIpc) is 2.67. The number of carbonyl (C=O) groups is 1. The molecule has 1 fully saturated rings. The normalized spacial score (nSPS) is 18.4. The zero-order valence-corrected chi connectivity index (χ0v) is 16.4. The van der Waals surface area contributed by atoms with E-state index in [2.05, 4.69) is 34.1 Å². The molecule has 144 valence electrons. The molecule has 0 unspecified atom stereocenters. The fourth-order valence-electron chi connectivity index (χ4n) is 3.68. The minimum absolute atomic E-state index is 0.0639. The number of rotatable bonds is 7. The fourth-order valence-corrected chi connectivity index (χ4v) is 3.68. The summed E-state index contributed by atoms with van der Waals surface area (Å²) in [6.45, 7) is 6.43. The number of aliphatic hydroxyl groups is 1. The maximum atomic E-state index is 12.7. The molecular formula is C23H30N2O2. The number of piperidine rings is 1. The lowest BCUT2D eigenvalue weighted by Gasteiger charge is -2.32. The van der Waals surface area contributed by atoms with Gasteiger partial charge in [-0.2, -0.15) is 0 Å². The van der Waals surface area contributed by atoms with Gasteiger partial charge < -0.3 is 5.11 Å². The number of hydrogen-bond donors (Lipinski definition) is 1. The maximum Gasteiger partial charge on any atom is 0.168 e. The highest BCUT2D eigenvalue weighted by molar-refractivity contribution is 5.97. The number of ketones is 1. The first-order chi connectivity index (χ1) is 12.9. The lowest BCUT2D eigenvalue weighted by atomic mass is 9.90. The molecule has 1 N–H and O–H groups in total. The van der Waals surface area contributed by atoms with Crippen LogP contribution in [0, 0.1) is 5.92 Å². The van der Waals surface area contributed by atoms with E-state index >= 15 is 0 Å². The van der Waals surface area contributed by atoms with E-state index in [1.807, 2.05) is 26.0 Å². The van der Waals surface area contributed by atoms with Crippen LogP contribution in [0.3, 0.4) is 0 Å². The Balaban J connectivity index is 1.55. The van der Waals surface area contributed by atoms with Crippen molar-refractivity contribution in [3.63, 3.8) is 0 Å². The summed E-state index contributed by atoms with van der Waals surface area (Å²) in [5.74, 6) is 0.281. The van der Waals surface area contributed by atoms with Crippen LogP contribution in [0.15, 0.2) is 48.8 Å². The Hall–Kier alpha value is -2.04. The van der Waals surface area contributed by atoms with Crippen molar-refractivity contribution >= 4 is 5.78 Å². The summed E-state index contributed by atoms with van der Waals surface area (Å²) >= 11 is 0. The van der Waals surface area contributed by atoms with Crippen molar-refractivity contribution in [3.8, 4) is 0 Å². The first-order valence-electron chi connectivity index (χ1n) is 9.87.